The van der Waals surface area contributed by atoms with E-state index < -0.39 is 0 Å². The van der Waals surface area contributed by atoms with Crippen LogP contribution >= 0.6 is 0 Å². The minimum Gasteiger partial charge on any atom is -0.454 e. The normalized spacial score (nSPS) is 13.0. The van der Waals surface area contributed by atoms with E-state index in [2.05, 4.69) is 4.98 Å². The van der Waals surface area contributed by atoms with Crippen molar-refractivity contribution in [2.75, 3.05) is 12.5 Å². The van der Waals surface area contributed by atoms with E-state index in [1.54, 1.807) is 16.7 Å². The van der Waals surface area contributed by atoms with Gasteiger partial charge in [-0.05, 0) is 29.8 Å². The molecule has 1 aliphatic heterocycles. The molecule has 2 heterocycles. The van der Waals surface area contributed by atoms with Gasteiger partial charge < -0.3 is 19.8 Å². The number of aromatic nitrogens is 2. The molecule has 0 atom stereocenters. The molecule has 3 aromatic rings. The number of benzene rings is 2. The highest BCUT2D eigenvalue weighted by Crippen LogP contribution is 2.33. The summed E-state index contributed by atoms with van der Waals surface area (Å²) in [5.74, 6) is 1.35. The first kappa shape index (κ1) is 12.0. The summed E-state index contributed by atoms with van der Waals surface area (Å²) >= 11 is 0. The number of fused-ring (bicyclic) bond motifs is 2. The number of hydrogen-bond acceptors (Lipinski definition) is 4. The van der Waals surface area contributed by atoms with Crippen molar-refractivity contribution in [3.8, 4) is 11.5 Å². The number of halogens is 1. The Morgan fingerprint density at radius 1 is 1.19 bits per heavy atom. The maximum atomic E-state index is 13.7. The third-order valence-corrected chi connectivity index (χ3v) is 3.54. The predicted octanol–water partition coefficient (Wildman–Crippen LogP) is 2.53. The van der Waals surface area contributed by atoms with Gasteiger partial charge in [-0.15, -0.1) is 0 Å². The van der Waals surface area contributed by atoms with Crippen LogP contribution in [0.1, 0.15) is 5.56 Å². The third kappa shape index (κ3) is 1.87. The van der Waals surface area contributed by atoms with Crippen LogP contribution in [0.2, 0.25) is 0 Å². The van der Waals surface area contributed by atoms with E-state index in [1.165, 1.54) is 6.07 Å². The number of nitrogen functional groups attached to an aromatic ring is 1. The Hall–Kier alpha value is -2.76. The van der Waals surface area contributed by atoms with Crippen LogP contribution in [-0.2, 0) is 6.54 Å². The van der Waals surface area contributed by atoms with Gasteiger partial charge in [-0.25, -0.2) is 9.37 Å². The quantitative estimate of drug-likeness (QED) is 0.786. The molecule has 21 heavy (non-hydrogen) atoms. The first-order valence-electron chi connectivity index (χ1n) is 6.51. The minimum atomic E-state index is -0.372. The third-order valence-electron chi connectivity index (χ3n) is 3.54. The fourth-order valence-electron chi connectivity index (χ4n) is 2.52. The molecule has 0 fully saturated rings. The molecule has 0 bridgehead atoms. The summed E-state index contributed by atoms with van der Waals surface area (Å²) in [6.07, 6.45) is 0. The van der Waals surface area contributed by atoms with Crippen molar-refractivity contribution in [1.82, 2.24) is 9.55 Å². The predicted molar refractivity (Wildman–Crippen MR) is 75.8 cm³/mol. The zero-order valence-electron chi connectivity index (χ0n) is 11.0. The van der Waals surface area contributed by atoms with Crippen molar-refractivity contribution in [2.45, 2.75) is 6.54 Å². The fraction of sp³-hybridized carbons (Fsp3) is 0.133. The van der Waals surface area contributed by atoms with E-state index in [4.69, 9.17) is 15.2 Å². The summed E-state index contributed by atoms with van der Waals surface area (Å²) in [6.45, 7) is 0.725. The molecule has 0 spiro atoms. The summed E-state index contributed by atoms with van der Waals surface area (Å²) in [5.41, 5.74) is 7.85. The lowest BCUT2D eigenvalue weighted by Gasteiger charge is -2.07. The molecule has 6 heteroatoms. The zero-order chi connectivity index (χ0) is 14.4. The highest BCUT2D eigenvalue weighted by atomic mass is 19.1. The van der Waals surface area contributed by atoms with E-state index in [0.29, 0.717) is 17.8 Å². The van der Waals surface area contributed by atoms with Crippen LogP contribution in [0.5, 0.6) is 11.5 Å². The number of ether oxygens (including phenoxy) is 2. The maximum Gasteiger partial charge on any atom is 0.231 e. The van der Waals surface area contributed by atoms with Crippen molar-refractivity contribution in [3.05, 3.63) is 47.8 Å². The Kier molecular flexibility index (Phi) is 2.50. The second kappa shape index (κ2) is 4.37. The first-order valence-corrected chi connectivity index (χ1v) is 6.51. The van der Waals surface area contributed by atoms with Crippen LogP contribution in [0.3, 0.4) is 0 Å². The molecule has 2 aromatic carbocycles. The van der Waals surface area contributed by atoms with Crippen LogP contribution in [0.15, 0.2) is 36.4 Å². The van der Waals surface area contributed by atoms with Crippen molar-refractivity contribution < 1.29 is 13.9 Å². The lowest BCUT2D eigenvalue weighted by Crippen LogP contribution is -2.04. The zero-order valence-corrected chi connectivity index (χ0v) is 11.0. The van der Waals surface area contributed by atoms with Gasteiger partial charge in [-0.2, -0.15) is 0 Å². The lowest BCUT2D eigenvalue weighted by atomic mass is 10.2. The maximum absolute atomic E-state index is 13.7. The number of rotatable bonds is 2. The number of nitrogens with two attached hydrogens (primary N) is 1. The fourth-order valence-corrected chi connectivity index (χ4v) is 2.52. The Labute approximate surface area is 119 Å². The van der Waals surface area contributed by atoms with Crippen molar-refractivity contribution in [2.24, 2.45) is 0 Å². The standard InChI is InChI=1S/C15H12FN3O2/c16-10-2-1-3-11-14(10)18-15(17)19(11)7-9-4-5-12-13(6-9)21-8-20-12/h1-6H,7-8H2,(H2,17,18). The van der Waals surface area contributed by atoms with Crippen LogP contribution in [0, 0.1) is 5.82 Å². The van der Waals surface area contributed by atoms with Crippen LogP contribution in [-0.4, -0.2) is 16.3 Å². The number of hydrogen-bond donors (Lipinski definition) is 1. The Morgan fingerprint density at radius 3 is 2.95 bits per heavy atom. The second-order valence-electron chi connectivity index (χ2n) is 4.85. The molecule has 1 aromatic heterocycles. The molecule has 5 nitrogen and oxygen atoms in total. The molecule has 0 unspecified atom stereocenters. The lowest BCUT2D eigenvalue weighted by molar-refractivity contribution is 0.174. The first-order chi connectivity index (χ1) is 10.2. The number of imidazole rings is 1. The van der Waals surface area contributed by atoms with Gasteiger partial charge in [0.25, 0.3) is 0 Å². The molecule has 0 saturated carbocycles. The molecule has 2 N–H and O–H groups in total. The van der Waals surface area contributed by atoms with E-state index in [-0.39, 0.29) is 24.1 Å². The SMILES string of the molecule is Nc1nc2c(F)cccc2n1Cc1ccc2c(c1)OCO2. The molecule has 0 amide bonds. The van der Waals surface area contributed by atoms with Gasteiger partial charge in [0.05, 0.1) is 12.1 Å². The molecule has 106 valence electrons. The van der Waals surface area contributed by atoms with Gasteiger partial charge in [0.15, 0.2) is 17.3 Å². The Balaban J connectivity index is 1.77. The van der Waals surface area contributed by atoms with E-state index in [9.17, 15) is 4.39 Å². The van der Waals surface area contributed by atoms with Crippen LogP contribution in [0.4, 0.5) is 10.3 Å². The second-order valence-corrected chi connectivity index (χ2v) is 4.85. The van der Waals surface area contributed by atoms with E-state index in [1.807, 2.05) is 18.2 Å². The largest absolute Gasteiger partial charge is 0.454 e. The van der Waals surface area contributed by atoms with Crippen molar-refractivity contribution in [1.29, 1.82) is 0 Å². The smallest absolute Gasteiger partial charge is 0.231 e. The molecular formula is C15H12FN3O2. The molecule has 4 rings (SSSR count). The Bertz CT molecular complexity index is 844. The van der Waals surface area contributed by atoms with Crippen LogP contribution in [0.25, 0.3) is 11.0 Å². The summed E-state index contributed by atoms with van der Waals surface area (Å²) in [5, 5.41) is 0. The summed E-state index contributed by atoms with van der Waals surface area (Å²) in [7, 11) is 0. The van der Waals surface area contributed by atoms with Crippen molar-refractivity contribution in [3.63, 3.8) is 0 Å². The molecule has 1 aliphatic rings. The van der Waals surface area contributed by atoms with Gasteiger partial charge in [-0.3, -0.25) is 0 Å². The van der Waals surface area contributed by atoms with Crippen LogP contribution < -0.4 is 15.2 Å². The highest BCUT2D eigenvalue weighted by Gasteiger charge is 2.15. The van der Waals surface area contributed by atoms with Gasteiger partial charge in [-0.1, -0.05) is 12.1 Å². The summed E-state index contributed by atoms with van der Waals surface area (Å²) in [6, 6.07) is 10.5. The summed E-state index contributed by atoms with van der Waals surface area (Å²) < 4.78 is 26.1. The molecule has 0 radical (unpaired) electrons. The average molecular weight is 285 g/mol. The molecule has 0 aliphatic carbocycles. The number of nitrogens with zero attached hydrogens (tertiary/aromatic N) is 2. The summed E-state index contributed by atoms with van der Waals surface area (Å²) in [4.78, 5) is 4.09. The molecular weight excluding hydrogens is 273 g/mol. The number of para-hydroxylation sites is 1. The monoisotopic (exact) mass is 285 g/mol. The topological polar surface area (TPSA) is 62.3 Å². The Morgan fingerprint density at radius 2 is 2.05 bits per heavy atom. The average Bonchev–Trinajstić information content (AvgIpc) is 3.05. The molecule has 0 saturated heterocycles. The van der Waals surface area contributed by atoms with Gasteiger partial charge in [0.1, 0.15) is 5.52 Å². The van der Waals surface area contributed by atoms with E-state index >= 15 is 0 Å². The van der Waals surface area contributed by atoms with Gasteiger partial charge in [0.2, 0.25) is 12.7 Å². The van der Waals surface area contributed by atoms with Gasteiger partial charge in [0, 0.05) is 0 Å². The number of anilines is 1. The van der Waals surface area contributed by atoms with Crippen molar-refractivity contribution >= 4 is 17.0 Å². The van der Waals surface area contributed by atoms with Gasteiger partial charge >= 0.3 is 0 Å². The minimum absolute atomic E-state index is 0.236. The van der Waals surface area contributed by atoms with E-state index in [0.717, 1.165) is 11.3 Å². The highest BCUT2D eigenvalue weighted by molar-refractivity contribution is 5.79.